The van der Waals surface area contributed by atoms with Gasteiger partial charge in [0.1, 0.15) is 7.85 Å². The molecule has 0 heterocycles. The second-order valence-corrected chi connectivity index (χ2v) is 17.4. The van der Waals surface area contributed by atoms with Crippen LogP contribution in [0.5, 0.6) is 0 Å². The Morgan fingerprint density at radius 1 is 0.467 bits per heavy atom. The summed E-state index contributed by atoms with van der Waals surface area (Å²) in [6.45, 7) is 5.62. The quantitative estimate of drug-likeness (QED) is 0.196. The fraction of sp³-hybridized carbons (Fsp3) is 0.0909. The van der Waals surface area contributed by atoms with E-state index in [1.807, 2.05) is 0 Å². The topological polar surface area (TPSA) is 0 Å². The van der Waals surface area contributed by atoms with Gasteiger partial charge in [-0.25, -0.2) is 0 Å². The van der Waals surface area contributed by atoms with Crippen LogP contribution in [0.3, 0.4) is 0 Å². The minimum atomic E-state index is 0.495. The fourth-order valence-electron chi connectivity index (χ4n) is 9.57. The lowest BCUT2D eigenvalue weighted by Gasteiger charge is -2.41. The molecule has 0 aliphatic carbocycles. The van der Waals surface area contributed by atoms with Crippen LogP contribution in [0.1, 0.15) is 5.56 Å². The first kappa shape index (κ1) is 42.1. The van der Waals surface area contributed by atoms with Gasteiger partial charge in [0.15, 0.2) is 0 Å². The van der Waals surface area contributed by atoms with Crippen LogP contribution in [0.4, 0.5) is 0 Å². The molecule has 2 aromatic carbocycles. The fourth-order valence-corrected chi connectivity index (χ4v) is 9.57. The molecule has 0 saturated heterocycles. The van der Waals surface area contributed by atoms with Crippen molar-refractivity contribution < 1.29 is 0 Å². The average Bonchev–Trinajstić information content (AvgIpc) is 2.94. The van der Waals surface area contributed by atoms with Gasteiger partial charge in [0, 0.05) is 45.4 Å². The second kappa shape index (κ2) is 17.7. The van der Waals surface area contributed by atoms with Crippen LogP contribution >= 0.6 is 0 Å². The van der Waals surface area contributed by atoms with E-state index in [1.165, 1.54) is 21.2 Å². The van der Waals surface area contributed by atoms with Crippen molar-refractivity contribution in [1.29, 1.82) is 0 Å². The van der Waals surface area contributed by atoms with E-state index in [4.69, 9.17) is 0 Å². The van der Waals surface area contributed by atoms with Crippen molar-refractivity contribution in [3.63, 3.8) is 0 Å². The molecular formula is C11H44B34. The summed E-state index contributed by atoms with van der Waals surface area (Å²) in [5.41, 5.74) is 13.5. The van der Waals surface area contributed by atoms with Crippen molar-refractivity contribution in [2.24, 2.45) is 0 Å². The van der Waals surface area contributed by atoms with Gasteiger partial charge in [-0.2, -0.15) is 0 Å². The van der Waals surface area contributed by atoms with Crippen LogP contribution in [0, 0.1) is 6.92 Å². The van der Waals surface area contributed by atoms with E-state index in [0.29, 0.717) is 77.3 Å². The van der Waals surface area contributed by atoms with Crippen LogP contribution in [-0.4, -0.2) is 246 Å². The van der Waals surface area contributed by atoms with Gasteiger partial charge in [-0.3, -0.25) is 0 Å². The van der Waals surface area contributed by atoms with Crippen LogP contribution in [-0.2, 0) is 0 Å². The lowest BCUT2D eigenvalue weighted by molar-refractivity contribution is 1.60. The Bertz CT molecular complexity index is 1280. The van der Waals surface area contributed by atoms with Gasteiger partial charge in [-0.1, -0.05) is 27.4 Å². The Morgan fingerprint density at radius 2 is 0.978 bits per heavy atom. The minimum absolute atomic E-state index is 0.495. The summed E-state index contributed by atoms with van der Waals surface area (Å²) >= 11 is 0. The molecule has 0 saturated carbocycles. The third kappa shape index (κ3) is 8.45. The normalized spacial score (nSPS) is 10.2. The predicted molar refractivity (Wildman–Crippen MR) is 299 cm³/mol. The highest BCUT2D eigenvalue weighted by molar-refractivity contribution is 7.89. The predicted octanol–water partition coefficient (Wildman–Crippen LogP) is -26.6. The SMILES string of the molecule is BBB(B)B(B(B)B)c1c(B(B(B)B)B(B)B)c(B(BB)B(B)B)c(B(B)B(B)B)c2c(B(B)BB)c(B(B)B)c(C)c(B)c12. The summed E-state index contributed by atoms with van der Waals surface area (Å²) in [5.74, 6) is 0. The molecule has 0 unspecified atom stereocenters. The summed E-state index contributed by atoms with van der Waals surface area (Å²) < 4.78 is 0. The molecule has 0 aliphatic heterocycles. The smallest absolute Gasteiger partial charge is 0.113 e. The first-order valence-electron chi connectivity index (χ1n) is 19.5. The summed E-state index contributed by atoms with van der Waals surface area (Å²) in [4.78, 5) is 0. The van der Waals surface area contributed by atoms with Crippen LogP contribution in [0.25, 0.3) is 10.8 Å². The lowest BCUT2D eigenvalue weighted by atomic mass is 8.66. The summed E-state index contributed by atoms with van der Waals surface area (Å²) in [7, 11) is 51.1. The summed E-state index contributed by atoms with van der Waals surface area (Å²) in [6, 6.07) is 0. The van der Waals surface area contributed by atoms with Crippen molar-refractivity contribution >= 4 is 295 Å². The Labute approximate surface area is 305 Å². The third-order valence-corrected chi connectivity index (χ3v) is 12.4. The van der Waals surface area contributed by atoms with Crippen molar-refractivity contribution in [1.82, 2.24) is 0 Å². The summed E-state index contributed by atoms with van der Waals surface area (Å²) in [5, 5.41) is 3.35. The number of fused-ring (bicyclic) bond motifs is 1. The minimum Gasteiger partial charge on any atom is -0.113 e. The number of hydrogen-bond donors (Lipinski definition) is 0. The molecule has 0 N–H and O–H groups in total. The maximum absolute atomic E-state index is 2.58. The van der Waals surface area contributed by atoms with Gasteiger partial charge in [0.2, 0.25) is 0 Å². The molecule has 0 atom stereocenters. The molecule has 2 rings (SSSR count). The van der Waals surface area contributed by atoms with Crippen molar-refractivity contribution in [2.45, 2.75) is 6.92 Å². The van der Waals surface area contributed by atoms with Gasteiger partial charge in [-0.15, -0.1) is 16.4 Å². The van der Waals surface area contributed by atoms with E-state index in [-0.39, 0.29) is 0 Å². The molecule has 0 radical (unpaired) electrons. The molecule has 0 fully saturated rings. The van der Waals surface area contributed by atoms with E-state index in [2.05, 4.69) is 154 Å². The van der Waals surface area contributed by atoms with E-state index < -0.39 is 0 Å². The molecule has 0 aromatic heterocycles. The molecule has 2 aromatic rings. The Hall–Kier alpha value is 0.908. The lowest BCUT2D eigenvalue weighted by Crippen LogP contribution is -2.80. The maximum atomic E-state index is 2.58. The van der Waals surface area contributed by atoms with Crippen molar-refractivity contribution in [3.05, 3.63) is 5.56 Å². The highest BCUT2D eigenvalue weighted by Crippen LogP contribution is 2.13. The Morgan fingerprint density at radius 3 is 1.33 bits per heavy atom. The standard InChI is InChI=1S/C11H44B34/c1-2-5(12)3-4(7(35(18)31-13)6(2)34(16)17)8(36(19)40(20)21)10(37(32-14)41(22)23)11(38(42(24)25)43(26)27)9(3)39(44(28)29)45(30)33-15/h31-33H,12-30H2,1H3. The van der Waals surface area contributed by atoms with Gasteiger partial charge < -0.3 is 0 Å². The molecule has 45 heavy (non-hydrogen) atoms. The van der Waals surface area contributed by atoms with Gasteiger partial charge >= 0.3 is 0 Å². The zero-order valence-electron chi connectivity index (χ0n) is 34.0. The van der Waals surface area contributed by atoms with E-state index in [9.17, 15) is 0 Å². The molecule has 0 aliphatic rings. The maximum Gasteiger partial charge on any atom is 0.140 e. The molecular weight excluding hydrogens is 500 g/mol. The zero-order chi connectivity index (χ0) is 34.8. The van der Waals surface area contributed by atoms with E-state index in [1.54, 1.807) is 54.6 Å². The third-order valence-electron chi connectivity index (χ3n) is 12.4. The van der Waals surface area contributed by atoms with Crippen molar-refractivity contribution in [2.75, 3.05) is 0 Å². The van der Waals surface area contributed by atoms with E-state index >= 15 is 0 Å². The zero-order valence-corrected chi connectivity index (χ0v) is 34.0. The summed E-state index contributed by atoms with van der Waals surface area (Å²) in [6.07, 6.45) is 3.56. The largest absolute Gasteiger partial charge is 0.140 e. The number of benzene rings is 2. The second-order valence-electron chi connectivity index (χ2n) is 17.4. The van der Waals surface area contributed by atoms with Gasteiger partial charge in [0.25, 0.3) is 0 Å². The Kier molecular flexibility index (Phi) is 16.6. The monoisotopic (exact) mass is 551 g/mol. The first-order chi connectivity index (χ1) is 20.8. The van der Waals surface area contributed by atoms with Crippen LogP contribution < -0.4 is 38.2 Å². The van der Waals surface area contributed by atoms with Crippen LogP contribution in [0.2, 0.25) is 0 Å². The highest BCUT2D eigenvalue weighted by atomic mass is 14.1. The number of rotatable bonds is 15. The van der Waals surface area contributed by atoms with E-state index in [0.717, 1.165) is 0 Å². The molecule has 0 nitrogen and oxygen atoms in total. The molecule has 0 amide bonds. The molecule has 0 spiro atoms. The van der Waals surface area contributed by atoms with Crippen LogP contribution in [0.15, 0.2) is 0 Å². The number of hydrogen-bond acceptors (Lipinski definition) is 0. The van der Waals surface area contributed by atoms with Gasteiger partial charge in [0.05, 0.1) is 192 Å². The highest BCUT2D eigenvalue weighted by Gasteiger charge is 2.42. The van der Waals surface area contributed by atoms with Crippen molar-refractivity contribution in [3.8, 4) is 0 Å². The Balaban J connectivity index is 3.86. The first-order valence-corrected chi connectivity index (χ1v) is 19.5. The van der Waals surface area contributed by atoms with Gasteiger partial charge in [-0.05, 0) is 17.7 Å². The molecule has 190 valence electrons. The average molecular weight is 544 g/mol. The molecule has 0 bridgehead atoms. The molecule has 34 heteroatoms.